The second kappa shape index (κ2) is 7.41. The minimum Gasteiger partial charge on any atom is -0.375 e. The molecule has 2 aliphatic heterocycles. The standard InChI is InChI=1S/C24H28N6O3/c1-13-6-16(15-4-5-15)7-14(2)21(13)30-11-19-22(27-30)25-24(26-23(19)32)29-10-17-8-18(29)9-28(17)20(31)12-33-3/h6-7,11,15,17-18H,4-5,8-10,12H2,1-3H3,(H,25,26,27,32). The van der Waals surface area contributed by atoms with Gasteiger partial charge in [-0.2, -0.15) is 4.98 Å². The van der Waals surface area contributed by atoms with E-state index >= 15 is 0 Å². The average Bonchev–Trinajstić information content (AvgIpc) is 3.22. The van der Waals surface area contributed by atoms with Crippen molar-refractivity contribution in [1.82, 2.24) is 24.6 Å². The number of nitrogens with one attached hydrogen (secondary N) is 1. The summed E-state index contributed by atoms with van der Waals surface area (Å²) in [5.41, 5.74) is 4.95. The van der Waals surface area contributed by atoms with E-state index in [4.69, 9.17) is 14.8 Å². The molecule has 0 spiro atoms. The number of aromatic nitrogens is 4. The van der Waals surface area contributed by atoms with Crippen molar-refractivity contribution in [2.75, 3.05) is 31.7 Å². The van der Waals surface area contributed by atoms with E-state index < -0.39 is 0 Å². The Morgan fingerprint density at radius 2 is 1.94 bits per heavy atom. The Morgan fingerprint density at radius 3 is 2.58 bits per heavy atom. The molecule has 2 unspecified atom stereocenters. The smallest absolute Gasteiger partial charge is 0.263 e. The van der Waals surface area contributed by atoms with Gasteiger partial charge in [0, 0.05) is 26.4 Å². The summed E-state index contributed by atoms with van der Waals surface area (Å²) < 4.78 is 6.79. The van der Waals surface area contributed by atoms with Crippen LogP contribution in [0, 0.1) is 13.8 Å². The molecule has 0 radical (unpaired) electrons. The fourth-order valence-corrected chi connectivity index (χ4v) is 5.60. The zero-order valence-electron chi connectivity index (χ0n) is 19.2. The predicted octanol–water partition coefficient (Wildman–Crippen LogP) is 2.04. The lowest BCUT2D eigenvalue weighted by atomic mass is 10.0. The van der Waals surface area contributed by atoms with E-state index in [9.17, 15) is 9.59 Å². The first-order chi connectivity index (χ1) is 15.9. The Labute approximate surface area is 191 Å². The van der Waals surface area contributed by atoms with Crippen LogP contribution in [0.4, 0.5) is 5.95 Å². The van der Waals surface area contributed by atoms with Crippen molar-refractivity contribution in [2.45, 2.75) is 51.1 Å². The van der Waals surface area contributed by atoms with Gasteiger partial charge in [-0.3, -0.25) is 14.6 Å². The average molecular weight is 449 g/mol. The molecule has 172 valence electrons. The van der Waals surface area contributed by atoms with Gasteiger partial charge in [0.2, 0.25) is 11.9 Å². The monoisotopic (exact) mass is 448 g/mol. The first-order valence-electron chi connectivity index (χ1n) is 11.6. The van der Waals surface area contributed by atoms with Gasteiger partial charge in [-0.15, -0.1) is 5.10 Å². The number of amides is 1. The molecular formula is C24H28N6O3. The number of aryl methyl sites for hydroxylation is 2. The molecule has 6 rings (SSSR count). The molecule has 9 nitrogen and oxygen atoms in total. The zero-order chi connectivity index (χ0) is 22.9. The van der Waals surface area contributed by atoms with E-state index in [-0.39, 0.29) is 30.2 Å². The molecule has 2 atom stereocenters. The maximum atomic E-state index is 12.9. The SMILES string of the molecule is COCC(=O)N1CC2CC1CN2c1nc2nn(-c3c(C)cc(C4CC4)cc3C)cc2c(=O)[nH]1. The third-order valence-corrected chi connectivity index (χ3v) is 7.27. The summed E-state index contributed by atoms with van der Waals surface area (Å²) >= 11 is 0. The number of rotatable bonds is 5. The minimum atomic E-state index is -0.193. The van der Waals surface area contributed by atoms with Gasteiger partial charge < -0.3 is 14.5 Å². The Balaban J connectivity index is 1.31. The Kier molecular flexibility index (Phi) is 4.58. The van der Waals surface area contributed by atoms with Crippen LogP contribution in [0.2, 0.25) is 0 Å². The highest BCUT2D eigenvalue weighted by molar-refractivity contribution is 5.79. The molecule has 2 aromatic heterocycles. The van der Waals surface area contributed by atoms with Crippen molar-refractivity contribution in [1.29, 1.82) is 0 Å². The van der Waals surface area contributed by atoms with Crippen LogP contribution in [0.25, 0.3) is 16.7 Å². The highest BCUT2D eigenvalue weighted by Gasteiger charge is 2.46. The molecule has 1 saturated carbocycles. The van der Waals surface area contributed by atoms with E-state index in [1.807, 2.05) is 4.90 Å². The number of carbonyl (C=O) groups excluding carboxylic acids is 1. The van der Waals surface area contributed by atoms with Gasteiger partial charge in [0.05, 0.1) is 17.8 Å². The molecule has 9 heteroatoms. The summed E-state index contributed by atoms with van der Waals surface area (Å²) in [5.74, 6) is 1.23. The van der Waals surface area contributed by atoms with Crippen LogP contribution in [-0.4, -0.2) is 69.4 Å². The van der Waals surface area contributed by atoms with E-state index in [0.29, 0.717) is 36.0 Å². The van der Waals surface area contributed by atoms with Crippen molar-refractivity contribution >= 4 is 22.9 Å². The molecule has 1 amide bonds. The highest BCUT2D eigenvalue weighted by Crippen LogP contribution is 2.41. The summed E-state index contributed by atoms with van der Waals surface area (Å²) in [4.78, 5) is 36.8. The minimum absolute atomic E-state index is 0.0127. The number of anilines is 1. The topological polar surface area (TPSA) is 96.3 Å². The van der Waals surface area contributed by atoms with Gasteiger partial charge in [-0.1, -0.05) is 12.1 Å². The maximum absolute atomic E-state index is 12.9. The quantitative estimate of drug-likeness (QED) is 0.642. The number of methoxy groups -OCH3 is 1. The van der Waals surface area contributed by atoms with E-state index in [1.54, 1.807) is 10.9 Å². The first kappa shape index (κ1) is 20.4. The van der Waals surface area contributed by atoms with Gasteiger partial charge in [-0.25, -0.2) is 4.68 Å². The fourth-order valence-electron chi connectivity index (χ4n) is 5.60. The number of aromatic amines is 1. The van der Waals surface area contributed by atoms with Crippen molar-refractivity contribution in [3.05, 3.63) is 45.4 Å². The number of H-pyrrole nitrogens is 1. The molecule has 33 heavy (non-hydrogen) atoms. The number of fused-ring (bicyclic) bond motifs is 3. The Morgan fingerprint density at radius 1 is 1.18 bits per heavy atom. The summed E-state index contributed by atoms with van der Waals surface area (Å²) in [6, 6.07) is 4.74. The van der Waals surface area contributed by atoms with E-state index in [0.717, 1.165) is 23.2 Å². The Bertz CT molecular complexity index is 1300. The number of piperazine rings is 1. The van der Waals surface area contributed by atoms with Crippen LogP contribution < -0.4 is 10.5 Å². The van der Waals surface area contributed by atoms with Crippen molar-refractivity contribution in [3.8, 4) is 5.69 Å². The van der Waals surface area contributed by atoms with Gasteiger partial charge in [0.15, 0.2) is 5.65 Å². The zero-order valence-corrected chi connectivity index (χ0v) is 19.2. The van der Waals surface area contributed by atoms with Gasteiger partial charge in [0.25, 0.3) is 5.56 Å². The lowest BCUT2D eigenvalue weighted by molar-refractivity contribution is -0.136. The largest absolute Gasteiger partial charge is 0.375 e. The van der Waals surface area contributed by atoms with Crippen LogP contribution in [0.15, 0.2) is 23.1 Å². The predicted molar refractivity (Wildman–Crippen MR) is 124 cm³/mol. The molecule has 4 heterocycles. The van der Waals surface area contributed by atoms with Crippen molar-refractivity contribution in [3.63, 3.8) is 0 Å². The summed E-state index contributed by atoms with van der Waals surface area (Å²) in [7, 11) is 1.53. The van der Waals surface area contributed by atoms with E-state index in [2.05, 4.69) is 35.9 Å². The fraction of sp³-hybridized carbons (Fsp3) is 0.500. The van der Waals surface area contributed by atoms with Crippen molar-refractivity contribution in [2.24, 2.45) is 0 Å². The summed E-state index contributed by atoms with van der Waals surface area (Å²) in [5, 5.41) is 5.17. The third kappa shape index (κ3) is 3.33. The molecule has 3 fully saturated rings. The number of benzene rings is 1. The lowest BCUT2D eigenvalue weighted by Crippen LogP contribution is -2.50. The van der Waals surface area contributed by atoms with Crippen LogP contribution in [0.3, 0.4) is 0 Å². The molecule has 3 aromatic rings. The van der Waals surface area contributed by atoms with Gasteiger partial charge in [-0.05, 0) is 55.7 Å². The van der Waals surface area contributed by atoms with Crippen LogP contribution in [0.5, 0.6) is 0 Å². The molecule has 2 saturated heterocycles. The number of hydrogen-bond donors (Lipinski definition) is 1. The van der Waals surface area contributed by atoms with Crippen LogP contribution in [-0.2, 0) is 9.53 Å². The summed E-state index contributed by atoms with van der Waals surface area (Å²) in [6.07, 6.45) is 5.18. The number of carbonyl (C=O) groups is 1. The number of hydrogen-bond acceptors (Lipinski definition) is 6. The highest BCUT2D eigenvalue weighted by atomic mass is 16.5. The first-order valence-corrected chi connectivity index (χ1v) is 11.6. The van der Waals surface area contributed by atoms with Gasteiger partial charge >= 0.3 is 0 Å². The molecule has 1 aromatic carbocycles. The van der Waals surface area contributed by atoms with Crippen LogP contribution >= 0.6 is 0 Å². The van der Waals surface area contributed by atoms with E-state index in [1.165, 1.54) is 25.5 Å². The lowest BCUT2D eigenvalue weighted by Gasteiger charge is -2.34. The number of nitrogens with zero attached hydrogens (tertiary/aromatic N) is 5. The van der Waals surface area contributed by atoms with Crippen molar-refractivity contribution < 1.29 is 9.53 Å². The molecule has 3 aliphatic rings. The second-order valence-corrected chi connectivity index (χ2v) is 9.65. The third-order valence-electron chi connectivity index (χ3n) is 7.27. The molecule has 2 bridgehead atoms. The van der Waals surface area contributed by atoms with Gasteiger partial charge in [0.1, 0.15) is 12.0 Å². The van der Waals surface area contributed by atoms with Crippen LogP contribution in [0.1, 0.15) is 41.9 Å². The molecule has 1 N–H and O–H groups in total. The summed E-state index contributed by atoms with van der Waals surface area (Å²) in [6.45, 7) is 5.57. The molecular weight excluding hydrogens is 420 g/mol. The Hall–Kier alpha value is -3.20. The number of ether oxygens (including phenoxy) is 1. The number of likely N-dealkylation sites (tertiary alicyclic amines) is 1. The second-order valence-electron chi connectivity index (χ2n) is 9.65. The normalized spacial score (nSPS) is 22.0. The maximum Gasteiger partial charge on any atom is 0.263 e. The molecule has 1 aliphatic carbocycles.